The van der Waals surface area contributed by atoms with E-state index < -0.39 is 9.84 Å². The number of rotatable bonds is 6. The minimum atomic E-state index is -3.53. The summed E-state index contributed by atoms with van der Waals surface area (Å²) in [6.07, 6.45) is 1.97. The number of nitrogens with one attached hydrogen (secondary N) is 1. The van der Waals surface area contributed by atoms with E-state index in [2.05, 4.69) is 5.32 Å². The van der Waals surface area contributed by atoms with Crippen LogP contribution < -0.4 is 5.32 Å². The molecule has 0 aliphatic carbocycles. The lowest BCUT2D eigenvalue weighted by molar-refractivity contribution is 0.0834. The number of carbonyl (C=O) groups is 1. The monoisotopic (exact) mass is 363 g/mol. The van der Waals surface area contributed by atoms with Crippen LogP contribution in [0, 0.1) is 6.92 Å². The number of benzene rings is 1. The highest BCUT2D eigenvalue weighted by atomic mass is 32.2. The first-order valence-electron chi connectivity index (χ1n) is 8.22. The lowest BCUT2D eigenvalue weighted by atomic mass is 10.2. The minimum Gasteiger partial charge on any atom is -0.455 e. The Morgan fingerprint density at radius 1 is 1.24 bits per heavy atom. The maximum Gasteiger partial charge on any atom is 0.287 e. The highest BCUT2D eigenvalue weighted by molar-refractivity contribution is 7.90. The molecule has 2 aromatic rings. The van der Waals surface area contributed by atoms with E-state index in [-0.39, 0.29) is 34.2 Å². The fourth-order valence-corrected chi connectivity index (χ4v) is 4.38. The largest absolute Gasteiger partial charge is 0.455 e. The van der Waals surface area contributed by atoms with E-state index in [9.17, 15) is 13.2 Å². The van der Waals surface area contributed by atoms with Crippen molar-refractivity contribution in [3.8, 4) is 0 Å². The first-order chi connectivity index (χ1) is 12.0. The lowest BCUT2D eigenvalue weighted by Crippen LogP contribution is -2.31. The molecule has 1 fully saturated rings. The summed E-state index contributed by atoms with van der Waals surface area (Å²) in [4.78, 5) is 12.4. The van der Waals surface area contributed by atoms with Gasteiger partial charge in [0.25, 0.3) is 5.91 Å². The van der Waals surface area contributed by atoms with Crippen LogP contribution in [0.2, 0.25) is 0 Å². The Bertz CT molecular complexity index is 850. The van der Waals surface area contributed by atoms with Crippen LogP contribution in [-0.2, 0) is 20.3 Å². The summed E-state index contributed by atoms with van der Waals surface area (Å²) >= 11 is 0. The number of hydrogen-bond donors (Lipinski definition) is 1. The van der Waals surface area contributed by atoms with Gasteiger partial charge in [-0.05, 0) is 43.5 Å². The normalized spacial score (nSPS) is 17.6. The van der Waals surface area contributed by atoms with Crippen molar-refractivity contribution in [2.24, 2.45) is 0 Å². The summed E-state index contributed by atoms with van der Waals surface area (Å²) < 4.78 is 35.9. The van der Waals surface area contributed by atoms with Crippen molar-refractivity contribution in [3.63, 3.8) is 0 Å². The third-order valence-corrected chi connectivity index (χ3v) is 5.95. The first-order valence-corrected chi connectivity index (χ1v) is 9.88. The number of amides is 1. The number of aryl methyl sites for hydroxylation is 1. The molecule has 1 N–H and O–H groups in total. The molecule has 1 unspecified atom stereocenters. The molecule has 0 spiro atoms. The van der Waals surface area contributed by atoms with Crippen molar-refractivity contribution in [1.29, 1.82) is 0 Å². The van der Waals surface area contributed by atoms with E-state index in [4.69, 9.17) is 9.15 Å². The molecule has 2 heterocycles. The summed E-state index contributed by atoms with van der Waals surface area (Å²) in [5.74, 6) is -0.301. The Labute approximate surface area is 147 Å². The zero-order chi connectivity index (χ0) is 17.9. The van der Waals surface area contributed by atoms with Gasteiger partial charge in [0.1, 0.15) is 11.5 Å². The predicted molar refractivity (Wildman–Crippen MR) is 92.1 cm³/mol. The van der Waals surface area contributed by atoms with Crippen molar-refractivity contribution in [1.82, 2.24) is 5.32 Å². The molecule has 0 saturated carbocycles. The number of carbonyl (C=O) groups excluding carboxylic acids is 1. The first kappa shape index (κ1) is 17.7. The Morgan fingerprint density at radius 2 is 2.04 bits per heavy atom. The quantitative estimate of drug-likeness (QED) is 0.852. The average Bonchev–Trinajstić information content (AvgIpc) is 3.24. The van der Waals surface area contributed by atoms with Crippen molar-refractivity contribution in [2.45, 2.75) is 36.5 Å². The van der Waals surface area contributed by atoms with Crippen molar-refractivity contribution < 1.29 is 22.4 Å². The summed E-state index contributed by atoms with van der Waals surface area (Å²) in [6.45, 7) is 2.90. The molecule has 0 radical (unpaired) electrons. The molecular weight excluding hydrogens is 342 g/mol. The molecule has 0 bridgehead atoms. The highest BCUT2D eigenvalue weighted by Crippen LogP contribution is 2.21. The van der Waals surface area contributed by atoms with Crippen molar-refractivity contribution >= 4 is 15.7 Å². The summed E-state index contributed by atoms with van der Waals surface area (Å²) in [5, 5.41) is 2.75. The van der Waals surface area contributed by atoms with Gasteiger partial charge in [-0.2, -0.15) is 0 Å². The summed E-state index contributed by atoms with van der Waals surface area (Å²) in [7, 11) is -3.53. The molecule has 134 valence electrons. The number of furan rings is 1. The van der Waals surface area contributed by atoms with Gasteiger partial charge in [0.2, 0.25) is 0 Å². The predicted octanol–water partition coefficient (Wildman–Crippen LogP) is 2.47. The molecule has 1 atom stereocenters. The second kappa shape index (κ2) is 7.41. The minimum absolute atomic E-state index is 0.0415. The van der Waals surface area contributed by atoms with Gasteiger partial charge in [-0.15, -0.1) is 0 Å². The zero-order valence-electron chi connectivity index (χ0n) is 14.0. The summed E-state index contributed by atoms with van der Waals surface area (Å²) in [5.41, 5.74) is 0.684. The van der Waals surface area contributed by atoms with Gasteiger partial charge in [-0.3, -0.25) is 4.79 Å². The van der Waals surface area contributed by atoms with Gasteiger partial charge < -0.3 is 14.5 Å². The summed E-state index contributed by atoms with van der Waals surface area (Å²) in [6, 6.07) is 9.82. The second-order valence-electron chi connectivity index (χ2n) is 6.14. The van der Waals surface area contributed by atoms with Crippen LogP contribution in [0.3, 0.4) is 0 Å². The molecule has 7 heteroatoms. The van der Waals surface area contributed by atoms with Crippen LogP contribution in [0.25, 0.3) is 0 Å². The number of hydrogen-bond acceptors (Lipinski definition) is 5. The Balaban J connectivity index is 1.65. The molecular formula is C18H21NO5S. The standard InChI is InChI=1S/C18H21NO5S/c1-13-5-2-3-7-17(13)25(21,22)12-15-8-9-16(24-15)18(20)19-11-14-6-4-10-23-14/h2-3,5,7-9,14H,4,6,10-12H2,1H3,(H,19,20). The number of sulfone groups is 1. The Morgan fingerprint density at radius 3 is 2.76 bits per heavy atom. The van der Waals surface area contributed by atoms with Gasteiger partial charge in [-0.1, -0.05) is 18.2 Å². The van der Waals surface area contributed by atoms with Gasteiger partial charge in [0.15, 0.2) is 15.6 Å². The van der Waals surface area contributed by atoms with E-state index in [0.29, 0.717) is 12.1 Å². The highest BCUT2D eigenvalue weighted by Gasteiger charge is 2.21. The molecule has 1 aliphatic rings. The average molecular weight is 363 g/mol. The fourth-order valence-electron chi connectivity index (χ4n) is 2.85. The van der Waals surface area contributed by atoms with E-state index in [1.54, 1.807) is 31.2 Å². The molecule has 3 rings (SSSR count). The van der Waals surface area contributed by atoms with Crippen LogP contribution in [0.1, 0.15) is 34.7 Å². The van der Waals surface area contributed by atoms with Crippen LogP contribution in [0.5, 0.6) is 0 Å². The third-order valence-electron chi connectivity index (χ3n) is 4.16. The third kappa shape index (κ3) is 4.29. The fraction of sp³-hybridized carbons (Fsp3) is 0.389. The Kier molecular flexibility index (Phi) is 5.24. The second-order valence-corrected chi connectivity index (χ2v) is 8.09. The molecule has 1 amide bonds. The van der Waals surface area contributed by atoms with Crippen LogP contribution in [0.15, 0.2) is 45.7 Å². The molecule has 1 saturated heterocycles. The van der Waals surface area contributed by atoms with E-state index in [1.807, 2.05) is 0 Å². The van der Waals surface area contributed by atoms with Gasteiger partial charge in [0, 0.05) is 13.2 Å². The van der Waals surface area contributed by atoms with E-state index in [1.165, 1.54) is 12.1 Å². The maximum absolute atomic E-state index is 12.5. The zero-order valence-corrected chi connectivity index (χ0v) is 14.8. The van der Waals surface area contributed by atoms with Gasteiger partial charge in [-0.25, -0.2) is 8.42 Å². The molecule has 1 aliphatic heterocycles. The van der Waals surface area contributed by atoms with Crippen LogP contribution in [0.4, 0.5) is 0 Å². The van der Waals surface area contributed by atoms with Crippen LogP contribution >= 0.6 is 0 Å². The van der Waals surface area contributed by atoms with Crippen molar-refractivity contribution in [2.75, 3.05) is 13.2 Å². The number of ether oxygens (including phenoxy) is 1. The maximum atomic E-state index is 12.5. The molecule has 25 heavy (non-hydrogen) atoms. The topological polar surface area (TPSA) is 85.6 Å². The molecule has 1 aromatic carbocycles. The van der Waals surface area contributed by atoms with E-state index >= 15 is 0 Å². The smallest absolute Gasteiger partial charge is 0.287 e. The lowest BCUT2D eigenvalue weighted by Gasteiger charge is -2.09. The SMILES string of the molecule is Cc1ccccc1S(=O)(=O)Cc1ccc(C(=O)NCC2CCCO2)o1. The van der Waals surface area contributed by atoms with E-state index in [0.717, 1.165) is 19.4 Å². The van der Waals surface area contributed by atoms with Gasteiger partial charge in [0.05, 0.1) is 11.0 Å². The van der Waals surface area contributed by atoms with Crippen LogP contribution in [-0.4, -0.2) is 33.6 Å². The molecule has 6 nitrogen and oxygen atoms in total. The Hall–Kier alpha value is -2.12. The van der Waals surface area contributed by atoms with Gasteiger partial charge >= 0.3 is 0 Å². The van der Waals surface area contributed by atoms with Crippen molar-refractivity contribution in [3.05, 3.63) is 53.5 Å². The molecule has 1 aromatic heterocycles.